The van der Waals surface area contributed by atoms with Gasteiger partial charge in [0, 0.05) is 51.3 Å². The van der Waals surface area contributed by atoms with Crippen LogP contribution in [0.2, 0.25) is 0 Å². The third-order valence-electron chi connectivity index (χ3n) is 5.45. The fraction of sp³-hybridized carbons (Fsp3) is 0.600. The van der Waals surface area contributed by atoms with Crippen LogP contribution in [0.1, 0.15) is 39.2 Å². The quantitative estimate of drug-likeness (QED) is 0.766. The molecule has 0 spiro atoms. The van der Waals surface area contributed by atoms with Crippen molar-refractivity contribution < 1.29 is 18.0 Å². The van der Waals surface area contributed by atoms with Gasteiger partial charge in [0.15, 0.2) is 0 Å². The lowest BCUT2D eigenvalue weighted by atomic mass is 10.0. The van der Waals surface area contributed by atoms with Gasteiger partial charge >= 0.3 is 0 Å². The highest BCUT2D eigenvalue weighted by Gasteiger charge is 2.30. The highest BCUT2D eigenvalue weighted by atomic mass is 32.2. The fourth-order valence-corrected chi connectivity index (χ4v) is 5.45. The number of carbonyl (C=O) groups is 2. The van der Waals surface area contributed by atoms with Crippen LogP contribution in [0.3, 0.4) is 0 Å². The number of fused-ring (bicyclic) bond motifs is 1. The second kappa shape index (κ2) is 8.21. The molecule has 0 radical (unpaired) electrons. The average molecular weight is 408 g/mol. The van der Waals surface area contributed by atoms with Gasteiger partial charge in [-0.2, -0.15) is 4.31 Å². The maximum absolute atomic E-state index is 13.2. The third-order valence-corrected chi connectivity index (χ3v) is 7.34. The van der Waals surface area contributed by atoms with Crippen LogP contribution in [0.5, 0.6) is 0 Å². The van der Waals surface area contributed by atoms with E-state index in [1.807, 2.05) is 13.8 Å². The van der Waals surface area contributed by atoms with Crippen LogP contribution >= 0.6 is 0 Å². The largest absolute Gasteiger partial charge is 0.341 e. The van der Waals surface area contributed by atoms with E-state index in [1.165, 1.54) is 11.2 Å². The lowest BCUT2D eigenvalue weighted by molar-refractivity contribution is -0.134. The minimum atomic E-state index is -3.63. The monoisotopic (exact) mass is 407 g/mol. The van der Waals surface area contributed by atoms with Crippen molar-refractivity contribution in [2.75, 3.05) is 37.6 Å². The van der Waals surface area contributed by atoms with Crippen LogP contribution < -0.4 is 4.90 Å². The number of sulfonamides is 1. The Hall–Kier alpha value is -1.93. The first-order chi connectivity index (χ1) is 13.2. The topological polar surface area (TPSA) is 78.0 Å². The molecule has 3 rings (SSSR count). The van der Waals surface area contributed by atoms with Crippen molar-refractivity contribution >= 4 is 27.5 Å². The Balaban J connectivity index is 1.81. The van der Waals surface area contributed by atoms with Gasteiger partial charge in [-0.25, -0.2) is 8.42 Å². The maximum atomic E-state index is 13.2. The zero-order valence-corrected chi connectivity index (χ0v) is 17.7. The summed E-state index contributed by atoms with van der Waals surface area (Å²) in [6, 6.07) is 5.05. The molecule has 0 unspecified atom stereocenters. The number of carbonyl (C=O) groups excluding carboxylic acids is 2. The summed E-state index contributed by atoms with van der Waals surface area (Å²) in [7, 11) is -3.63. The normalized spacial score (nSPS) is 18.7. The fourth-order valence-electron chi connectivity index (χ4n) is 3.93. The van der Waals surface area contributed by atoms with Gasteiger partial charge in [-0.05, 0) is 43.0 Å². The van der Waals surface area contributed by atoms with Crippen LogP contribution in [0.15, 0.2) is 23.1 Å². The Kier molecular flexibility index (Phi) is 6.09. The minimum Gasteiger partial charge on any atom is -0.341 e. The molecular formula is C20H29N3O4S. The predicted molar refractivity (Wildman–Crippen MR) is 108 cm³/mol. The summed E-state index contributed by atoms with van der Waals surface area (Å²) in [5.74, 6) is -0.0515. The van der Waals surface area contributed by atoms with E-state index in [-0.39, 0.29) is 22.6 Å². The zero-order valence-electron chi connectivity index (χ0n) is 16.8. The van der Waals surface area contributed by atoms with Gasteiger partial charge in [0.05, 0.1) is 4.90 Å². The Morgan fingerprint density at radius 1 is 1.00 bits per heavy atom. The Morgan fingerprint density at radius 3 is 2.43 bits per heavy atom. The predicted octanol–water partition coefficient (Wildman–Crippen LogP) is 1.86. The molecule has 1 aromatic rings. The highest BCUT2D eigenvalue weighted by Crippen LogP contribution is 2.30. The van der Waals surface area contributed by atoms with Gasteiger partial charge in [0.25, 0.3) is 0 Å². The van der Waals surface area contributed by atoms with Crippen molar-refractivity contribution in [3.05, 3.63) is 23.8 Å². The second-order valence-electron chi connectivity index (χ2n) is 7.80. The first-order valence-corrected chi connectivity index (χ1v) is 11.4. The first-order valence-electron chi connectivity index (χ1n) is 9.92. The van der Waals surface area contributed by atoms with Crippen molar-refractivity contribution in [2.45, 2.75) is 44.9 Å². The molecule has 0 saturated carbocycles. The number of hydrogen-bond acceptors (Lipinski definition) is 4. The van der Waals surface area contributed by atoms with E-state index in [2.05, 4.69) is 0 Å². The number of nitrogens with zero attached hydrogens (tertiary/aromatic N) is 3. The molecule has 8 heteroatoms. The molecule has 0 aliphatic carbocycles. The van der Waals surface area contributed by atoms with Gasteiger partial charge in [-0.15, -0.1) is 0 Å². The summed E-state index contributed by atoms with van der Waals surface area (Å²) in [5.41, 5.74) is 1.70. The minimum absolute atomic E-state index is 0.0287. The zero-order chi connectivity index (χ0) is 20.5. The number of anilines is 1. The lowest BCUT2D eigenvalue weighted by Crippen LogP contribution is -2.39. The summed E-state index contributed by atoms with van der Waals surface area (Å²) in [6.45, 7) is 7.62. The Labute approximate surface area is 167 Å². The van der Waals surface area contributed by atoms with Gasteiger partial charge in [-0.1, -0.05) is 13.8 Å². The van der Waals surface area contributed by atoms with Crippen LogP contribution in [0, 0.1) is 5.92 Å². The average Bonchev–Trinajstić information content (AvgIpc) is 2.92. The maximum Gasteiger partial charge on any atom is 0.243 e. The number of aryl methyl sites for hydroxylation is 1. The Bertz CT molecular complexity index is 866. The van der Waals surface area contributed by atoms with E-state index in [0.29, 0.717) is 39.1 Å². The Morgan fingerprint density at radius 2 is 1.75 bits per heavy atom. The third kappa shape index (κ3) is 4.07. The van der Waals surface area contributed by atoms with E-state index in [4.69, 9.17) is 0 Å². The summed E-state index contributed by atoms with van der Waals surface area (Å²) in [5, 5.41) is 0. The molecule has 1 aromatic carbocycles. The van der Waals surface area contributed by atoms with E-state index in [0.717, 1.165) is 24.1 Å². The van der Waals surface area contributed by atoms with Crippen molar-refractivity contribution in [3.63, 3.8) is 0 Å². The summed E-state index contributed by atoms with van der Waals surface area (Å²) >= 11 is 0. The van der Waals surface area contributed by atoms with Gasteiger partial charge in [0.2, 0.25) is 21.8 Å². The SMILES string of the molecule is CC(=O)N1CCCc2cc(S(=O)(=O)N3CCCN(C(=O)C(C)C)CC3)ccc21. The standard InChI is InChI=1S/C20H29N3O4S/c1-15(2)20(25)21-9-5-10-22(13-12-21)28(26,27)18-7-8-19-17(14-18)6-4-11-23(19)16(3)24/h7-8,14-15H,4-6,9-13H2,1-3H3. The molecule has 7 nitrogen and oxygen atoms in total. The molecule has 154 valence electrons. The van der Waals surface area contributed by atoms with E-state index < -0.39 is 10.0 Å². The van der Waals surface area contributed by atoms with Crippen LogP contribution in [-0.2, 0) is 26.0 Å². The molecule has 1 saturated heterocycles. The number of amides is 2. The van der Waals surface area contributed by atoms with Crippen molar-refractivity contribution in [1.29, 1.82) is 0 Å². The second-order valence-corrected chi connectivity index (χ2v) is 9.74. The van der Waals surface area contributed by atoms with Crippen molar-refractivity contribution in [2.24, 2.45) is 5.92 Å². The molecular weight excluding hydrogens is 378 g/mol. The van der Waals surface area contributed by atoms with E-state index in [9.17, 15) is 18.0 Å². The molecule has 0 atom stereocenters. The number of rotatable bonds is 3. The number of hydrogen-bond donors (Lipinski definition) is 0. The number of benzene rings is 1. The highest BCUT2D eigenvalue weighted by molar-refractivity contribution is 7.89. The van der Waals surface area contributed by atoms with E-state index in [1.54, 1.807) is 28.0 Å². The smallest absolute Gasteiger partial charge is 0.243 e. The van der Waals surface area contributed by atoms with Crippen molar-refractivity contribution in [3.8, 4) is 0 Å². The van der Waals surface area contributed by atoms with Gasteiger partial charge in [-0.3, -0.25) is 9.59 Å². The van der Waals surface area contributed by atoms with Crippen molar-refractivity contribution in [1.82, 2.24) is 9.21 Å². The lowest BCUT2D eigenvalue weighted by Gasteiger charge is -2.29. The molecule has 2 heterocycles. The van der Waals surface area contributed by atoms with Gasteiger partial charge in [0.1, 0.15) is 0 Å². The molecule has 1 fully saturated rings. The van der Waals surface area contributed by atoms with Crippen LogP contribution in [0.25, 0.3) is 0 Å². The molecule has 28 heavy (non-hydrogen) atoms. The van der Waals surface area contributed by atoms with Crippen LogP contribution in [-0.4, -0.2) is 62.2 Å². The summed E-state index contributed by atoms with van der Waals surface area (Å²) < 4.78 is 27.9. The molecule has 0 bridgehead atoms. The molecule has 2 aliphatic rings. The van der Waals surface area contributed by atoms with E-state index >= 15 is 0 Å². The summed E-state index contributed by atoms with van der Waals surface area (Å²) in [6.07, 6.45) is 2.21. The van der Waals surface area contributed by atoms with Gasteiger partial charge < -0.3 is 9.80 Å². The molecule has 2 aliphatic heterocycles. The molecule has 0 aromatic heterocycles. The van der Waals surface area contributed by atoms with Crippen LogP contribution in [0.4, 0.5) is 5.69 Å². The molecule has 0 N–H and O–H groups in total. The molecule has 2 amide bonds. The summed E-state index contributed by atoms with van der Waals surface area (Å²) in [4.78, 5) is 27.8. The first kappa shape index (κ1) is 20.8.